The second-order valence-corrected chi connectivity index (χ2v) is 8.71. The highest BCUT2D eigenvalue weighted by Crippen LogP contribution is 2.39. The third kappa shape index (κ3) is 3.63. The van der Waals surface area contributed by atoms with Crippen LogP contribution in [0, 0.1) is 13.8 Å². The highest BCUT2D eigenvalue weighted by atomic mass is 32.2. The highest BCUT2D eigenvalue weighted by molar-refractivity contribution is 7.93. The van der Waals surface area contributed by atoms with Crippen molar-refractivity contribution in [2.75, 3.05) is 10.0 Å². The predicted octanol–water partition coefficient (Wildman–Crippen LogP) is 3.78. The molecular weight excluding hydrogens is 374 g/mol. The molecule has 0 spiro atoms. The molecule has 3 aromatic rings. The molecule has 0 radical (unpaired) electrons. The van der Waals surface area contributed by atoms with Gasteiger partial charge in [-0.25, -0.2) is 8.42 Å². The van der Waals surface area contributed by atoms with Crippen LogP contribution in [-0.2, 0) is 14.8 Å². The Bertz CT molecular complexity index is 1040. The molecule has 26 heavy (non-hydrogen) atoms. The summed E-state index contributed by atoms with van der Waals surface area (Å²) in [6.07, 6.45) is 1.48. The van der Waals surface area contributed by atoms with Crippen molar-refractivity contribution >= 4 is 38.6 Å². The molecule has 3 rings (SSSR count). The Morgan fingerprint density at radius 1 is 1.08 bits per heavy atom. The monoisotopic (exact) mass is 391 g/mol. The molecule has 0 atom stereocenters. The standard InChI is InChI=1S/C17H17N3O4S2/c1-10-16(15-8-9-18-24-15)17(11(2)25-10)26(22,23)20-14-6-4-13(5-7-14)19-12(3)21/h4-9,20H,1-3H3,(H,19,21). The molecular formula is C17H17N3O4S2. The highest BCUT2D eigenvalue weighted by Gasteiger charge is 2.28. The summed E-state index contributed by atoms with van der Waals surface area (Å²) >= 11 is 1.39. The number of nitrogens with zero attached hydrogens (tertiary/aromatic N) is 1. The topological polar surface area (TPSA) is 101 Å². The summed E-state index contributed by atoms with van der Waals surface area (Å²) in [5.41, 5.74) is 1.50. The second kappa shape index (κ2) is 6.93. The number of hydrogen-bond acceptors (Lipinski definition) is 6. The van der Waals surface area contributed by atoms with Crippen LogP contribution in [0.25, 0.3) is 11.3 Å². The van der Waals surface area contributed by atoms with Crippen molar-refractivity contribution in [2.24, 2.45) is 0 Å². The van der Waals surface area contributed by atoms with E-state index in [0.717, 1.165) is 4.88 Å². The third-order valence-corrected chi connectivity index (χ3v) is 6.32. The number of benzene rings is 1. The van der Waals surface area contributed by atoms with Crippen LogP contribution in [0.4, 0.5) is 11.4 Å². The lowest BCUT2D eigenvalue weighted by Crippen LogP contribution is -2.14. The zero-order valence-electron chi connectivity index (χ0n) is 14.4. The average molecular weight is 391 g/mol. The molecule has 1 aromatic carbocycles. The molecule has 136 valence electrons. The van der Waals surface area contributed by atoms with E-state index in [1.54, 1.807) is 37.3 Å². The maximum atomic E-state index is 13.0. The molecule has 9 heteroatoms. The number of carbonyl (C=O) groups excluding carboxylic acids is 1. The van der Waals surface area contributed by atoms with Gasteiger partial charge in [-0.05, 0) is 38.1 Å². The fourth-order valence-corrected chi connectivity index (χ4v) is 5.57. The second-order valence-electron chi connectivity index (χ2n) is 5.66. The van der Waals surface area contributed by atoms with Crippen LogP contribution >= 0.6 is 11.3 Å². The van der Waals surface area contributed by atoms with E-state index >= 15 is 0 Å². The minimum absolute atomic E-state index is 0.183. The smallest absolute Gasteiger partial charge is 0.263 e. The summed E-state index contributed by atoms with van der Waals surface area (Å²) in [4.78, 5) is 12.7. The van der Waals surface area contributed by atoms with Crippen LogP contribution in [-0.4, -0.2) is 19.5 Å². The first-order valence-corrected chi connectivity index (χ1v) is 9.99. The SMILES string of the molecule is CC(=O)Nc1ccc(NS(=O)(=O)c2c(C)sc(C)c2-c2ccno2)cc1. The number of aromatic nitrogens is 1. The van der Waals surface area contributed by atoms with Crippen molar-refractivity contribution in [1.82, 2.24) is 5.16 Å². The summed E-state index contributed by atoms with van der Waals surface area (Å²) in [6.45, 7) is 5.01. The lowest BCUT2D eigenvalue weighted by atomic mass is 10.2. The first-order chi connectivity index (χ1) is 12.3. The van der Waals surface area contributed by atoms with Crippen LogP contribution in [0.1, 0.15) is 16.7 Å². The Morgan fingerprint density at radius 2 is 1.73 bits per heavy atom. The molecule has 2 heterocycles. The third-order valence-electron chi connectivity index (χ3n) is 3.62. The van der Waals surface area contributed by atoms with E-state index in [-0.39, 0.29) is 10.8 Å². The van der Waals surface area contributed by atoms with Gasteiger partial charge in [0.15, 0.2) is 5.76 Å². The van der Waals surface area contributed by atoms with Crippen LogP contribution < -0.4 is 10.0 Å². The van der Waals surface area contributed by atoms with Crippen molar-refractivity contribution in [2.45, 2.75) is 25.7 Å². The largest absolute Gasteiger partial charge is 0.356 e. The number of thiophene rings is 1. The van der Waals surface area contributed by atoms with Gasteiger partial charge in [0, 0.05) is 34.1 Å². The molecule has 0 unspecified atom stereocenters. The van der Waals surface area contributed by atoms with Crippen molar-refractivity contribution in [3.8, 4) is 11.3 Å². The van der Waals surface area contributed by atoms with Gasteiger partial charge in [0.1, 0.15) is 4.90 Å². The summed E-state index contributed by atoms with van der Waals surface area (Å²) in [5, 5.41) is 6.30. The molecule has 2 N–H and O–H groups in total. The van der Waals surface area contributed by atoms with Crippen LogP contribution in [0.15, 0.2) is 45.9 Å². The summed E-state index contributed by atoms with van der Waals surface area (Å²) < 4.78 is 33.7. The lowest BCUT2D eigenvalue weighted by Gasteiger charge is -2.10. The van der Waals surface area contributed by atoms with Gasteiger partial charge in [-0.15, -0.1) is 11.3 Å². The Balaban J connectivity index is 1.96. The Morgan fingerprint density at radius 3 is 2.31 bits per heavy atom. The van der Waals surface area contributed by atoms with E-state index in [2.05, 4.69) is 15.2 Å². The van der Waals surface area contributed by atoms with Crippen molar-refractivity contribution in [3.05, 3.63) is 46.3 Å². The van der Waals surface area contributed by atoms with Crippen LogP contribution in [0.2, 0.25) is 0 Å². The number of nitrogens with one attached hydrogen (secondary N) is 2. The Hall–Kier alpha value is -2.65. The van der Waals surface area contributed by atoms with Gasteiger partial charge in [-0.1, -0.05) is 5.16 Å². The maximum Gasteiger partial charge on any atom is 0.263 e. The van der Waals surface area contributed by atoms with Gasteiger partial charge in [-0.3, -0.25) is 9.52 Å². The van der Waals surface area contributed by atoms with Gasteiger partial charge in [0.2, 0.25) is 5.91 Å². The van der Waals surface area contributed by atoms with Gasteiger partial charge in [0.05, 0.1) is 11.8 Å². The van der Waals surface area contributed by atoms with Crippen molar-refractivity contribution in [1.29, 1.82) is 0 Å². The minimum Gasteiger partial charge on any atom is -0.356 e. The first-order valence-electron chi connectivity index (χ1n) is 7.69. The molecule has 0 fully saturated rings. The van der Waals surface area contributed by atoms with E-state index in [9.17, 15) is 13.2 Å². The number of anilines is 2. The number of aryl methyl sites for hydroxylation is 2. The lowest BCUT2D eigenvalue weighted by molar-refractivity contribution is -0.114. The van der Waals surface area contributed by atoms with Crippen molar-refractivity contribution in [3.63, 3.8) is 0 Å². The molecule has 0 saturated heterocycles. The zero-order chi connectivity index (χ0) is 18.9. The summed E-state index contributed by atoms with van der Waals surface area (Å²) in [7, 11) is -3.83. The van der Waals surface area contributed by atoms with E-state index in [0.29, 0.717) is 27.6 Å². The number of hydrogen-bond donors (Lipinski definition) is 2. The molecule has 7 nitrogen and oxygen atoms in total. The Kier molecular flexibility index (Phi) is 4.84. The van der Waals surface area contributed by atoms with Crippen molar-refractivity contribution < 1.29 is 17.7 Å². The Labute approximate surface area is 155 Å². The fourth-order valence-electron chi connectivity index (χ4n) is 2.65. The average Bonchev–Trinajstić information content (AvgIpc) is 3.16. The summed E-state index contributed by atoms with van der Waals surface area (Å²) in [5.74, 6) is 0.215. The molecule has 0 saturated carbocycles. The molecule has 0 bridgehead atoms. The molecule has 0 aliphatic heterocycles. The quantitative estimate of drug-likeness (QED) is 0.689. The van der Waals surface area contributed by atoms with Crippen LogP contribution in [0.3, 0.4) is 0 Å². The molecule has 2 aromatic heterocycles. The van der Waals surface area contributed by atoms with E-state index in [1.165, 1.54) is 24.5 Å². The summed E-state index contributed by atoms with van der Waals surface area (Å²) in [6, 6.07) is 8.07. The first kappa shape index (κ1) is 18.2. The van der Waals surface area contributed by atoms with Gasteiger partial charge in [0.25, 0.3) is 10.0 Å². The number of rotatable bonds is 5. The number of carbonyl (C=O) groups is 1. The fraction of sp³-hybridized carbons (Fsp3) is 0.176. The zero-order valence-corrected chi connectivity index (χ0v) is 16.0. The van der Waals surface area contributed by atoms with Gasteiger partial charge >= 0.3 is 0 Å². The van der Waals surface area contributed by atoms with E-state index in [4.69, 9.17) is 4.52 Å². The predicted molar refractivity (Wildman–Crippen MR) is 101 cm³/mol. The van der Waals surface area contributed by atoms with E-state index in [1.807, 2.05) is 6.92 Å². The maximum absolute atomic E-state index is 13.0. The molecule has 0 aliphatic rings. The normalized spacial score (nSPS) is 11.3. The van der Waals surface area contributed by atoms with Gasteiger partial charge in [-0.2, -0.15) is 0 Å². The number of sulfonamides is 1. The number of amides is 1. The van der Waals surface area contributed by atoms with E-state index < -0.39 is 10.0 Å². The van der Waals surface area contributed by atoms with Gasteiger partial charge < -0.3 is 9.84 Å². The molecule has 1 amide bonds. The molecule has 0 aliphatic carbocycles. The van der Waals surface area contributed by atoms with Crippen LogP contribution in [0.5, 0.6) is 0 Å². The minimum atomic E-state index is -3.83.